The number of halogens is 1. The van der Waals surface area contributed by atoms with Crippen molar-refractivity contribution >= 4 is 34.4 Å². The van der Waals surface area contributed by atoms with Gasteiger partial charge in [0.25, 0.3) is 5.79 Å². The van der Waals surface area contributed by atoms with Gasteiger partial charge in [0, 0.05) is 36.9 Å². The average Bonchev–Trinajstić information content (AvgIpc) is 3.19. The number of H-pyrrole nitrogens is 1. The van der Waals surface area contributed by atoms with E-state index in [4.69, 9.17) is 30.5 Å². The van der Waals surface area contributed by atoms with E-state index in [1.54, 1.807) is 24.4 Å². The van der Waals surface area contributed by atoms with Crippen LogP contribution in [0.5, 0.6) is 11.5 Å². The molecule has 34 heavy (non-hydrogen) atoms. The minimum Gasteiger partial charge on any atom is -0.490 e. The summed E-state index contributed by atoms with van der Waals surface area (Å²) in [4.78, 5) is 29.5. The molecule has 178 valence electrons. The Hall–Kier alpha value is -3.45. The van der Waals surface area contributed by atoms with Gasteiger partial charge in [0.2, 0.25) is 0 Å². The quantitative estimate of drug-likeness (QED) is 0.263. The summed E-state index contributed by atoms with van der Waals surface area (Å²) < 4.78 is 22.4. The fraction of sp³-hybridized carbons (Fsp3) is 0.308. The van der Waals surface area contributed by atoms with Crippen molar-refractivity contribution in [2.75, 3.05) is 13.2 Å². The minimum atomic E-state index is -1.34. The fourth-order valence-electron chi connectivity index (χ4n) is 4.22. The molecule has 0 spiro atoms. The molecule has 1 saturated heterocycles. The van der Waals surface area contributed by atoms with Crippen LogP contribution in [0.1, 0.15) is 37.8 Å². The molecule has 1 aliphatic heterocycles. The smallest absolute Gasteiger partial charge is 0.324 e. The van der Waals surface area contributed by atoms with Gasteiger partial charge in [-0.05, 0) is 36.2 Å². The van der Waals surface area contributed by atoms with Gasteiger partial charge < -0.3 is 23.9 Å². The minimum absolute atomic E-state index is 0.237. The normalized spacial score (nSPS) is 16.6. The number of aromatic amines is 1. The molecule has 4 rings (SSSR count). The Morgan fingerprint density at radius 3 is 2.56 bits per heavy atom. The van der Waals surface area contributed by atoms with E-state index in [0.29, 0.717) is 23.7 Å². The number of benzene rings is 2. The van der Waals surface area contributed by atoms with Crippen molar-refractivity contribution in [1.82, 2.24) is 4.98 Å². The first-order valence-corrected chi connectivity index (χ1v) is 11.3. The van der Waals surface area contributed by atoms with Gasteiger partial charge in [-0.25, -0.2) is 0 Å². The third-order valence-electron chi connectivity index (χ3n) is 5.53. The summed E-state index contributed by atoms with van der Waals surface area (Å²) in [5, 5.41) is 1.14. The maximum atomic E-state index is 13.1. The number of nitrogens with one attached hydrogen (secondary N) is 1. The van der Waals surface area contributed by atoms with Crippen LogP contribution in [0.2, 0.25) is 5.02 Å². The van der Waals surface area contributed by atoms with E-state index in [1.807, 2.05) is 31.2 Å². The Morgan fingerprint density at radius 2 is 1.88 bits per heavy atom. The van der Waals surface area contributed by atoms with Crippen LogP contribution < -0.4 is 9.47 Å². The van der Waals surface area contributed by atoms with Crippen LogP contribution in [-0.2, 0) is 19.1 Å². The maximum Gasteiger partial charge on any atom is 0.324 e. The molecule has 0 amide bonds. The van der Waals surface area contributed by atoms with E-state index in [2.05, 4.69) is 11.6 Å². The summed E-state index contributed by atoms with van der Waals surface area (Å²) in [6.45, 7) is 9.15. The lowest BCUT2D eigenvalue weighted by Gasteiger charge is -2.36. The first-order chi connectivity index (χ1) is 16.3. The van der Waals surface area contributed by atoms with Crippen molar-refractivity contribution in [3.63, 3.8) is 0 Å². The second kappa shape index (κ2) is 9.43. The van der Waals surface area contributed by atoms with Gasteiger partial charge in [0.1, 0.15) is 6.61 Å². The highest BCUT2D eigenvalue weighted by Gasteiger charge is 2.49. The van der Waals surface area contributed by atoms with Crippen molar-refractivity contribution in [2.45, 2.75) is 32.5 Å². The summed E-state index contributed by atoms with van der Waals surface area (Å²) in [5.74, 6) is -3.91. The number of para-hydroxylation sites is 1. The SMILES string of the molecule is C=CCOc1c(Cl)cc([C@@H](c2c[nH]c3ccccc23)C2C(=O)OC(C)(C)OC2=O)cc1OCC. The molecule has 1 aliphatic rings. The lowest BCUT2D eigenvalue weighted by atomic mass is 9.79. The second-order valence-electron chi connectivity index (χ2n) is 8.35. The van der Waals surface area contributed by atoms with E-state index < -0.39 is 29.6 Å². The van der Waals surface area contributed by atoms with E-state index in [0.717, 1.165) is 16.5 Å². The van der Waals surface area contributed by atoms with E-state index in [1.165, 1.54) is 13.8 Å². The monoisotopic (exact) mass is 483 g/mol. The molecule has 0 bridgehead atoms. The molecule has 7 nitrogen and oxygen atoms in total. The van der Waals surface area contributed by atoms with E-state index >= 15 is 0 Å². The lowest BCUT2D eigenvalue weighted by Crippen LogP contribution is -2.48. The Labute approximate surface area is 202 Å². The Morgan fingerprint density at radius 1 is 1.18 bits per heavy atom. The highest BCUT2D eigenvalue weighted by Crippen LogP contribution is 2.45. The molecule has 0 aliphatic carbocycles. The molecular weight excluding hydrogens is 458 g/mol. The van der Waals surface area contributed by atoms with Gasteiger partial charge in [-0.3, -0.25) is 9.59 Å². The highest BCUT2D eigenvalue weighted by molar-refractivity contribution is 6.32. The topological polar surface area (TPSA) is 86.9 Å². The number of rotatable bonds is 8. The third-order valence-corrected chi connectivity index (χ3v) is 5.81. The van der Waals surface area contributed by atoms with Gasteiger partial charge >= 0.3 is 11.9 Å². The highest BCUT2D eigenvalue weighted by atomic mass is 35.5. The molecular formula is C26H26ClNO6. The predicted molar refractivity (Wildman–Crippen MR) is 128 cm³/mol. The molecule has 1 atom stereocenters. The van der Waals surface area contributed by atoms with Crippen LogP contribution in [0.25, 0.3) is 10.9 Å². The summed E-state index contributed by atoms with van der Waals surface area (Å²) in [6, 6.07) is 11.0. The van der Waals surface area contributed by atoms with Gasteiger partial charge in [-0.2, -0.15) is 0 Å². The molecule has 0 saturated carbocycles. The van der Waals surface area contributed by atoms with Crippen LogP contribution in [0.15, 0.2) is 55.3 Å². The Balaban J connectivity index is 1.91. The first-order valence-electron chi connectivity index (χ1n) is 11.0. The molecule has 1 N–H and O–H groups in total. The standard InChI is InChI=1S/C26H26ClNO6/c1-5-11-32-23-18(27)12-15(13-20(23)31-6-2)21(17-14-28-19-10-8-7-9-16(17)19)22-24(29)33-26(3,4)34-25(22)30/h5,7-10,12-14,21-22,28H,1,6,11H2,2-4H3/t21-/m0/s1. The number of hydrogen-bond donors (Lipinski definition) is 1. The zero-order valence-electron chi connectivity index (χ0n) is 19.2. The summed E-state index contributed by atoms with van der Waals surface area (Å²) in [7, 11) is 0. The number of esters is 2. The summed E-state index contributed by atoms with van der Waals surface area (Å²) in [5.41, 5.74) is 2.18. The molecule has 2 heterocycles. The maximum absolute atomic E-state index is 13.1. The molecule has 0 radical (unpaired) electrons. The van der Waals surface area contributed by atoms with Gasteiger partial charge in [-0.15, -0.1) is 0 Å². The van der Waals surface area contributed by atoms with Crippen LogP contribution in [-0.4, -0.2) is 35.9 Å². The van der Waals surface area contributed by atoms with E-state index in [9.17, 15) is 9.59 Å². The predicted octanol–water partition coefficient (Wildman–Crippen LogP) is 5.37. The zero-order chi connectivity index (χ0) is 24.5. The number of fused-ring (bicyclic) bond motifs is 1. The van der Waals surface area contributed by atoms with Crippen LogP contribution in [0, 0.1) is 5.92 Å². The molecule has 1 aromatic heterocycles. The van der Waals surface area contributed by atoms with Crippen molar-refractivity contribution in [1.29, 1.82) is 0 Å². The van der Waals surface area contributed by atoms with Crippen molar-refractivity contribution in [3.05, 3.63) is 71.4 Å². The molecule has 8 heteroatoms. The van der Waals surface area contributed by atoms with Gasteiger partial charge in [-0.1, -0.05) is 42.5 Å². The molecule has 0 unspecified atom stereocenters. The lowest BCUT2D eigenvalue weighted by molar-refractivity contribution is -0.240. The number of carbonyl (C=O) groups excluding carboxylic acids is 2. The fourth-order valence-corrected chi connectivity index (χ4v) is 4.49. The van der Waals surface area contributed by atoms with E-state index in [-0.39, 0.29) is 11.6 Å². The average molecular weight is 484 g/mol. The number of hydrogen-bond acceptors (Lipinski definition) is 6. The van der Waals surface area contributed by atoms with Crippen molar-refractivity contribution in [2.24, 2.45) is 5.92 Å². The number of cyclic esters (lactones) is 2. The van der Waals surface area contributed by atoms with Crippen LogP contribution in [0.4, 0.5) is 0 Å². The number of aromatic nitrogens is 1. The molecule has 1 fully saturated rings. The largest absolute Gasteiger partial charge is 0.490 e. The Kier molecular flexibility index (Phi) is 6.57. The second-order valence-corrected chi connectivity index (χ2v) is 8.76. The Bertz CT molecular complexity index is 1230. The zero-order valence-corrected chi connectivity index (χ0v) is 20.0. The summed E-state index contributed by atoms with van der Waals surface area (Å²) >= 11 is 6.61. The van der Waals surface area contributed by atoms with Gasteiger partial charge in [0.05, 0.1) is 11.6 Å². The number of carbonyl (C=O) groups is 2. The van der Waals surface area contributed by atoms with Crippen LogP contribution in [0.3, 0.4) is 0 Å². The van der Waals surface area contributed by atoms with Gasteiger partial charge in [0.15, 0.2) is 17.4 Å². The van der Waals surface area contributed by atoms with Crippen molar-refractivity contribution < 1.29 is 28.5 Å². The molecule has 3 aromatic rings. The summed E-state index contributed by atoms with van der Waals surface area (Å²) in [6.07, 6.45) is 3.39. The van der Waals surface area contributed by atoms with Crippen LogP contribution >= 0.6 is 11.6 Å². The first kappa shape index (κ1) is 23.7. The van der Waals surface area contributed by atoms with Crippen molar-refractivity contribution in [3.8, 4) is 11.5 Å². The number of ether oxygens (including phenoxy) is 4. The molecule has 2 aromatic carbocycles. The third kappa shape index (κ3) is 4.48.